The van der Waals surface area contributed by atoms with Gasteiger partial charge in [0.05, 0.1) is 13.1 Å². The monoisotopic (exact) mass is 288 g/mol. The van der Waals surface area contributed by atoms with E-state index in [1.54, 1.807) is 29.1 Å². The Kier molecular flexibility index (Phi) is 4.62. The van der Waals surface area contributed by atoms with Crippen LogP contribution in [0.2, 0.25) is 0 Å². The Bertz CT molecular complexity index is 652. The van der Waals surface area contributed by atoms with Gasteiger partial charge in [-0.3, -0.25) is 9.59 Å². The number of anilines is 1. The highest BCUT2D eigenvalue weighted by molar-refractivity contribution is 5.95. The summed E-state index contributed by atoms with van der Waals surface area (Å²) < 4.78 is 1.78. The lowest BCUT2D eigenvalue weighted by Gasteiger charge is -2.08. The molecule has 2 amide bonds. The van der Waals surface area contributed by atoms with Gasteiger partial charge >= 0.3 is 0 Å². The average molecular weight is 288 g/mol. The summed E-state index contributed by atoms with van der Waals surface area (Å²) in [5.41, 5.74) is 6.59. The average Bonchev–Trinajstić information content (AvgIpc) is 2.91. The number of nitrogens with zero attached hydrogens (tertiary/aromatic N) is 3. The summed E-state index contributed by atoms with van der Waals surface area (Å²) in [6.45, 7) is -0.265. The number of rotatable bonds is 5. The van der Waals surface area contributed by atoms with Gasteiger partial charge in [0, 0.05) is 18.3 Å². The van der Waals surface area contributed by atoms with Crippen molar-refractivity contribution in [2.24, 2.45) is 12.8 Å². The number of carbonyl (C=O) groups is 2. The maximum atomic E-state index is 11.7. The van der Waals surface area contributed by atoms with Crippen molar-refractivity contribution in [3.63, 3.8) is 0 Å². The Balaban J connectivity index is 2.03. The van der Waals surface area contributed by atoms with Crippen LogP contribution in [0.25, 0.3) is 11.4 Å². The normalized spacial score (nSPS) is 10.2. The van der Waals surface area contributed by atoms with Crippen LogP contribution in [0.4, 0.5) is 5.69 Å². The minimum Gasteiger partial charge on any atom is -0.346 e. The molecule has 0 atom stereocenters. The lowest BCUT2D eigenvalue weighted by Crippen LogP contribution is -2.36. The third-order valence-electron chi connectivity index (χ3n) is 2.75. The molecule has 2 rings (SSSR count). The van der Waals surface area contributed by atoms with Gasteiger partial charge in [0.15, 0.2) is 5.82 Å². The molecule has 0 unspecified atom stereocenters. The number of aromatic nitrogens is 3. The molecule has 8 heteroatoms. The molecule has 0 saturated carbocycles. The predicted octanol–water partition coefficient (Wildman–Crippen LogP) is -0.504. The van der Waals surface area contributed by atoms with E-state index in [9.17, 15) is 9.59 Å². The lowest BCUT2D eigenvalue weighted by molar-refractivity contribution is -0.123. The largest absolute Gasteiger partial charge is 0.346 e. The maximum Gasteiger partial charge on any atom is 0.243 e. The summed E-state index contributed by atoms with van der Waals surface area (Å²) >= 11 is 0. The minimum atomic E-state index is -0.377. The highest BCUT2D eigenvalue weighted by atomic mass is 16.2. The van der Waals surface area contributed by atoms with Crippen LogP contribution in [0.3, 0.4) is 0 Å². The molecule has 0 aliphatic heterocycles. The predicted molar refractivity (Wildman–Crippen MR) is 77.1 cm³/mol. The summed E-state index contributed by atoms with van der Waals surface area (Å²) in [4.78, 5) is 22.7. The number of nitrogens with one attached hydrogen (secondary N) is 2. The zero-order chi connectivity index (χ0) is 15.2. The highest BCUT2D eigenvalue weighted by Gasteiger charge is 2.08. The zero-order valence-corrected chi connectivity index (χ0v) is 11.5. The summed E-state index contributed by atoms with van der Waals surface area (Å²) in [5.74, 6) is -0.00701. The second kappa shape index (κ2) is 6.62. The van der Waals surface area contributed by atoms with Gasteiger partial charge in [-0.25, -0.2) is 0 Å². The van der Waals surface area contributed by atoms with Crippen LogP contribution < -0.4 is 16.4 Å². The summed E-state index contributed by atoms with van der Waals surface area (Å²) in [6, 6.07) is 7.21. The molecule has 1 aromatic heterocycles. The first-order valence-electron chi connectivity index (χ1n) is 6.31. The maximum absolute atomic E-state index is 11.7. The summed E-state index contributed by atoms with van der Waals surface area (Å²) in [5, 5.41) is 12.9. The van der Waals surface area contributed by atoms with Crippen LogP contribution in [-0.4, -0.2) is 39.7 Å². The molecule has 0 aliphatic carbocycles. The van der Waals surface area contributed by atoms with Gasteiger partial charge in [-0.15, -0.1) is 10.2 Å². The third kappa shape index (κ3) is 3.86. The van der Waals surface area contributed by atoms with Crippen LogP contribution in [0.15, 0.2) is 30.6 Å². The van der Waals surface area contributed by atoms with Crippen molar-refractivity contribution in [2.45, 2.75) is 0 Å². The first kappa shape index (κ1) is 14.7. The molecule has 0 bridgehead atoms. The Morgan fingerprint density at radius 1 is 1.33 bits per heavy atom. The highest BCUT2D eigenvalue weighted by Crippen LogP contribution is 2.19. The Hall–Kier alpha value is -2.74. The number of carbonyl (C=O) groups excluding carboxylic acids is 2. The number of benzene rings is 1. The molecule has 4 N–H and O–H groups in total. The van der Waals surface area contributed by atoms with E-state index in [-0.39, 0.29) is 24.9 Å². The molecule has 0 radical (unpaired) electrons. The van der Waals surface area contributed by atoms with Gasteiger partial charge in [0.25, 0.3) is 0 Å². The molecule has 110 valence electrons. The van der Waals surface area contributed by atoms with Crippen molar-refractivity contribution in [3.05, 3.63) is 30.6 Å². The SMILES string of the molecule is Cn1cnnc1-c1cccc(NC(=O)CNC(=O)CN)c1. The van der Waals surface area contributed by atoms with E-state index in [4.69, 9.17) is 5.73 Å². The fourth-order valence-electron chi connectivity index (χ4n) is 1.74. The first-order chi connectivity index (χ1) is 10.1. The van der Waals surface area contributed by atoms with Crippen molar-refractivity contribution in [3.8, 4) is 11.4 Å². The molecule has 0 spiro atoms. The van der Waals surface area contributed by atoms with Gasteiger partial charge in [-0.2, -0.15) is 0 Å². The van der Waals surface area contributed by atoms with Crippen LogP contribution in [0, 0.1) is 0 Å². The molecule has 8 nitrogen and oxygen atoms in total. The van der Waals surface area contributed by atoms with E-state index in [0.717, 1.165) is 5.56 Å². The number of hydrogen-bond donors (Lipinski definition) is 3. The molecule has 1 aromatic carbocycles. The molecule has 21 heavy (non-hydrogen) atoms. The van der Waals surface area contributed by atoms with Crippen molar-refractivity contribution in [1.82, 2.24) is 20.1 Å². The van der Waals surface area contributed by atoms with E-state index in [0.29, 0.717) is 11.5 Å². The lowest BCUT2D eigenvalue weighted by atomic mass is 10.2. The van der Waals surface area contributed by atoms with Gasteiger partial charge in [-0.1, -0.05) is 12.1 Å². The molecular formula is C13H16N6O2. The molecule has 0 fully saturated rings. The van der Waals surface area contributed by atoms with Crippen molar-refractivity contribution >= 4 is 17.5 Å². The van der Waals surface area contributed by atoms with Crippen LogP contribution in [0.5, 0.6) is 0 Å². The summed E-state index contributed by atoms with van der Waals surface area (Å²) in [7, 11) is 1.84. The molecule has 1 heterocycles. The van der Waals surface area contributed by atoms with Gasteiger partial charge in [-0.05, 0) is 12.1 Å². The van der Waals surface area contributed by atoms with Crippen molar-refractivity contribution in [2.75, 3.05) is 18.4 Å². The van der Waals surface area contributed by atoms with Crippen LogP contribution in [-0.2, 0) is 16.6 Å². The minimum absolute atomic E-state index is 0.121. The van der Waals surface area contributed by atoms with Crippen molar-refractivity contribution < 1.29 is 9.59 Å². The van der Waals surface area contributed by atoms with Gasteiger partial charge in [0.2, 0.25) is 11.8 Å². The number of nitrogens with two attached hydrogens (primary N) is 1. The smallest absolute Gasteiger partial charge is 0.243 e. The van der Waals surface area contributed by atoms with Crippen LogP contribution in [0.1, 0.15) is 0 Å². The van der Waals surface area contributed by atoms with Gasteiger partial charge in [0.1, 0.15) is 6.33 Å². The topological polar surface area (TPSA) is 115 Å². The van der Waals surface area contributed by atoms with E-state index in [1.165, 1.54) is 0 Å². The fourth-order valence-corrected chi connectivity index (χ4v) is 1.74. The van der Waals surface area contributed by atoms with E-state index >= 15 is 0 Å². The Morgan fingerprint density at radius 2 is 2.14 bits per heavy atom. The Morgan fingerprint density at radius 3 is 2.81 bits per heavy atom. The molecule has 0 aliphatic rings. The van der Waals surface area contributed by atoms with E-state index < -0.39 is 0 Å². The Labute approximate surface area is 121 Å². The van der Waals surface area contributed by atoms with Crippen molar-refractivity contribution in [1.29, 1.82) is 0 Å². The quantitative estimate of drug-likeness (QED) is 0.686. The molecule has 0 saturated heterocycles. The second-order valence-corrected chi connectivity index (χ2v) is 4.38. The standard InChI is InChI=1S/C13H16N6O2/c1-19-8-16-18-13(19)9-3-2-4-10(5-9)17-12(21)7-15-11(20)6-14/h2-5,8H,6-7,14H2,1H3,(H,15,20)(H,17,21). The van der Waals surface area contributed by atoms with Crippen LogP contribution >= 0.6 is 0 Å². The van der Waals surface area contributed by atoms with E-state index in [2.05, 4.69) is 20.8 Å². The number of hydrogen-bond acceptors (Lipinski definition) is 5. The fraction of sp³-hybridized carbons (Fsp3) is 0.231. The third-order valence-corrected chi connectivity index (χ3v) is 2.75. The van der Waals surface area contributed by atoms with Gasteiger partial charge < -0.3 is 20.9 Å². The number of amides is 2. The first-order valence-corrected chi connectivity index (χ1v) is 6.31. The number of aryl methyl sites for hydroxylation is 1. The second-order valence-electron chi connectivity index (χ2n) is 4.38. The molecule has 2 aromatic rings. The zero-order valence-electron chi connectivity index (χ0n) is 11.5. The summed E-state index contributed by atoms with van der Waals surface area (Å²) in [6.07, 6.45) is 1.60. The van der Waals surface area contributed by atoms with E-state index in [1.807, 2.05) is 13.1 Å². The molecular weight excluding hydrogens is 272 g/mol.